The summed E-state index contributed by atoms with van der Waals surface area (Å²) in [4.78, 5) is 24.4. The topological polar surface area (TPSA) is 75.5 Å². The van der Waals surface area contributed by atoms with Crippen molar-refractivity contribution in [1.82, 2.24) is 0 Å². The molecular weight excluding hydrogens is 282 g/mol. The predicted molar refractivity (Wildman–Crippen MR) is 83.9 cm³/mol. The summed E-state index contributed by atoms with van der Waals surface area (Å²) in [7, 11) is 0. The summed E-state index contributed by atoms with van der Waals surface area (Å²) in [5.41, 5.74) is 1.85. The third kappa shape index (κ3) is 2.54. The Morgan fingerprint density at radius 3 is 2.68 bits per heavy atom. The third-order valence-corrected chi connectivity index (χ3v) is 3.40. The van der Waals surface area contributed by atoms with Crippen LogP contribution in [0.25, 0.3) is 0 Å². The molecule has 1 aliphatic heterocycles. The van der Waals surface area contributed by atoms with E-state index in [1.54, 1.807) is 18.3 Å². The van der Waals surface area contributed by atoms with Crippen LogP contribution in [0.5, 0.6) is 0 Å². The van der Waals surface area contributed by atoms with Crippen LogP contribution in [0, 0.1) is 10.1 Å². The van der Waals surface area contributed by atoms with Crippen LogP contribution in [-0.4, -0.2) is 11.0 Å². The first kappa shape index (κ1) is 13.8. The van der Waals surface area contributed by atoms with Gasteiger partial charge < -0.3 is 5.32 Å². The van der Waals surface area contributed by atoms with Gasteiger partial charge in [0.1, 0.15) is 5.69 Å². The van der Waals surface area contributed by atoms with E-state index in [9.17, 15) is 14.9 Å². The summed E-state index contributed by atoms with van der Waals surface area (Å²) in [6, 6.07) is 13.2. The van der Waals surface area contributed by atoms with E-state index in [0.29, 0.717) is 0 Å². The average molecular weight is 295 g/mol. The fourth-order valence-electron chi connectivity index (χ4n) is 2.37. The van der Waals surface area contributed by atoms with Crippen molar-refractivity contribution >= 4 is 23.1 Å². The number of urea groups is 1. The van der Waals surface area contributed by atoms with E-state index in [2.05, 4.69) is 5.32 Å². The Morgan fingerprint density at radius 1 is 1.14 bits per heavy atom. The highest BCUT2D eigenvalue weighted by molar-refractivity contribution is 6.05. The second-order valence-corrected chi connectivity index (χ2v) is 4.79. The van der Waals surface area contributed by atoms with Gasteiger partial charge >= 0.3 is 6.03 Å². The molecule has 2 aromatic carbocycles. The molecule has 0 aromatic heterocycles. The van der Waals surface area contributed by atoms with Crippen LogP contribution in [0.3, 0.4) is 0 Å². The molecule has 0 bridgehead atoms. The lowest BCUT2D eigenvalue weighted by Gasteiger charge is -2.24. The van der Waals surface area contributed by atoms with Gasteiger partial charge in [-0.05, 0) is 24.1 Å². The summed E-state index contributed by atoms with van der Waals surface area (Å²) in [5, 5.41) is 13.6. The highest BCUT2D eigenvalue weighted by atomic mass is 16.6. The van der Waals surface area contributed by atoms with Crippen LogP contribution in [0.15, 0.2) is 60.8 Å². The van der Waals surface area contributed by atoms with Crippen molar-refractivity contribution in [2.45, 2.75) is 6.42 Å². The SMILES string of the molecule is O=C(Nc1ccccc1[N+](=O)[O-])N1C=CCc2ccccc21. The first-order valence-corrected chi connectivity index (χ1v) is 6.75. The van der Waals surface area contributed by atoms with Gasteiger partial charge in [0.2, 0.25) is 0 Å². The summed E-state index contributed by atoms with van der Waals surface area (Å²) in [6.07, 6.45) is 4.30. The molecule has 3 rings (SSSR count). The number of nitro benzene ring substituents is 1. The highest BCUT2D eigenvalue weighted by Crippen LogP contribution is 2.28. The monoisotopic (exact) mass is 295 g/mol. The molecular formula is C16H13N3O3. The molecule has 0 saturated carbocycles. The highest BCUT2D eigenvalue weighted by Gasteiger charge is 2.21. The Morgan fingerprint density at radius 2 is 1.86 bits per heavy atom. The van der Waals surface area contributed by atoms with Crippen LogP contribution < -0.4 is 10.2 Å². The van der Waals surface area contributed by atoms with Crippen molar-refractivity contribution in [3.8, 4) is 0 Å². The molecule has 0 saturated heterocycles. The summed E-state index contributed by atoms with van der Waals surface area (Å²) in [6.45, 7) is 0. The molecule has 0 unspecified atom stereocenters. The molecule has 6 heteroatoms. The number of nitrogens with zero attached hydrogens (tertiary/aromatic N) is 2. The molecule has 0 spiro atoms. The lowest BCUT2D eigenvalue weighted by molar-refractivity contribution is -0.383. The first-order chi connectivity index (χ1) is 10.7. The molecule has 0 radical (unpaired) electrons. The second-order valence-electron chi connectivity index (χ2n) is 4.79. The minimum absolute atomic E-state index is 0.134. The summed E-state index contributed by atoms with van der Waals surface area (Å²) < 4.78 is 0. The van der Waals surface area contributed by atoms with Gasteiger partial charge in [-0.3, -0.25) is 15.0 Å². The zero-order valence-corrected chi connectivity index (χ0v) is 11.6. The number of amides is 2. The molecule has 6 nitrogen and oxygen atoms in total. The molecule has 22 heavy (non-hydrogen) atoms. The minimum Gasteiger partial charge on any atom is -0.301 e. The standard InChI is InChI=1S/C16H13N3O3/c20-16(17-13-8-2-4-10-15(13)19(21)22)18-11-5-7-12-6-1-3-9-14(12)18/h1-6,8-11H,7H2,(H,17,20). The van der Waals surface area contributed by atoms with E-state index in [-0.39, 0.29) is 11.4 Å². The van der Waals surface area contributed by atoms with Crippen molar-refractivity contribution in [3.05, 3.63) is 76.5 Å². The normalized spacial score (nSPS) is 12.6. The van der Waals surface area contributed by atoms with Crippen molar-refractivity contribution in [2.75, 3.05) is 10.2 Å². The van der Waals surface area contributed by atoms with Gasteiger partial charge in [0.15, 0.2) is 0 Å². The molecule has 1 N–H and O–H groups in total. The second kappa shape index (κ2) is 5.69. The molecule has 2 aromatic rings. The quantitative estimate of drug-likeness (QED) is 0.678. The van der Waals surface area contributed by atoms with Gasteiger partial charge in [0, 0.05) is 12.3 Å². The Kier molecular flexibility index (Phi) is 3.57. The predicted octanol–water partition coefficient (Wildman–Crippen LogP) is 3.70. The number of carbonyl (C=O) groups excluding carboxylic acids is 1. The largest absolute Gasteiger partial charge is 0.330 e. The maximum Gasteiger partial charge on any atom is 0.330 e. The number of nitro groups is 1. The summed E-state index contributed by atoms with van der Waals surface area (Å²) in [5.74, 6) is 0. The van der Waals surface area contributed by atoms with E-state index < -0.39 is 11.0 Å². The summed E-state index contributed by atoms with van der Waals surface area (Å²) >= 11 is 0. The number of rotatable bonds is 2. The van der Waals surface area contributed by atoms with Crippen molar-refractivity contribution in [2.24, 2.45) is 0 Å². The third-order valence-electron chi connectivity index (χ3n) is 3.40. The fourth-order valence-corrected chi connectivity index (χ4v) is 2.37. The van der Waals surface area contributed by atoms with E-state index in [0.717, 1.165) is 17.7 Å². The fraction of sp³-hybridized carbons (Fsp3) is 0.0625. The lowest BCUT2D eigenvalue weighted by Crippen LogP contribution is -2.32. The Labute approximate surface area is 126 Å². The van der Waals surface area contributed by atoms with Crippen molar-refractivity contribution < 1.29 is 9.72 Å². The average Bonchev–Trinajstić information content (AvgIpc) is 2.54. The first-order valence-electron chi connectivity index (χ1n) is 6.75. The van der Waals surface area contributed by atoms with E-state index >= 15 is 0 Å². The minimum atomic E-state index is -0.518. The molecule has 2 amide bonds. The zero-order chi connectivity index (χ0) is 15.5. The number of hydrogen-bond acceptors (Lipinski definition) is 3. The number of fused-ring (bicyclic) bond motifs is 1. The number of anilines is 2. The van der Waals surface area contributed by atoms with Crippen LogP contribution in [0.1, 0.15) is 5.56 Å². The zero-order valence-electron chi connectivity index (χ0n) is 11.6. The van der Waals surface area contributed by atoms with Gasteiger partial charge in [0.25, 0.3) is 5.69 Å². The lowest BCUT2D eigenvalue weighted by atomic mass is 10.1. The number of allylic oxidation sites excluding steroid dienone is 1. The number of benzene rings is 2. The van der Waals surface area contributed by atoms with Gasteiger partial charge in [-0.1, -0.05) is 36.4 Å². The molecule has 110 valence electrons. The van der Waals surface area contributed by atoms with Crippen LogP contribution >= 0.6 is 0 Å². The Balaban J connectivity index is 1.88. The Hall–Kier alpha value is -3.15. The van der Waals surface area contributed by atoms with Crippen molar-refractivity contribution in [1.29, 1.82) is 0 Å². The van der Waals surface area contributed by atoms with E-state index in [4.69, 9.17) is 0 Å². The van der Waals surface area contributed by atoms with Gasteiger partial charge in [0.05, 0.1) is 10.6 Å². The maximum absolute atomic E-state index is 12.4. The van der Waals surface area contributed by atoms with Crippen LogP contribution in [0.2, 0.25) is 0 Å². The van der Waals surface area contributed by atoms with Gasteiger partial charge in [-0.15, -0.1) is 0 Å². The van der Waals surface area contributed by atoms with E-state index in [1.165, 1.54) is 17.0 Å². The van der Waals surface area contributed by atoms with Crippen LogP contribution in [0.4, 0.5) is 21.9 Å². The Bertz CT molecular complexity index is 771. The molecule has 0 aliphatic carbocycles. The molecule has 1 aliphatic rings. The van der Waals surface area contributed by atoms with Crippen molar-refractivity contribution in [3.63, 3.8) is 0 Å². The smallest absolute Gasteiger partial charge is 0.301 e. The van der Waals surface area contributed by atoms with Gasteiger partial charge in [-0.25, -0.2) is 4.79 Å². The number of para-hydroxylation sites is 3. The molecule has 0 atom stereocenters. The number of carbonyl (C=O) groups is 1. The molecule has 1 heterocycles. The van der Waals surface area contributed by atoms with E-state index in [1.807, 2.05) is 30.3 Å². The molecule has 0 fully saturated rings. The van der Waals surface area contributed by atoms with Gasteiger partial charge in [-0.2, -0.15) is 0 Å². The number of nitrogens with one attached hydrogen (secondary N) is 1. The van der Waals surface area contributed by atoms with Crippen LogP contribution in [-0.2, 0) is 6.42 Å². The maximum atomic E-state index is 12.4. The number of hydrogen-bond donors (Lipinski definition) is 1.